The molecule has 0 amide bonds. The summed E-state index contributed by atoms with van der Waals surface area (Å²) in [7, 11) is 0. The van der Waals surface area contributed by atoms with Crippen molar-refractivity contribution in [2.45, 2.75) is 45.5 Å². The number of hydrogen-bond donors (Lipinski definition) is 0. The van der Waals surface area contributed by atoms with Crippen molar-refractivity contribution in [1.29, 1.82) is 0 Å². The molecule has 0 bridgehead atoms. The third-order valence-electron chi connectivity index (χ3n) is 4.50. The van der Waals surface area contributed by atoms with E-state index in [2.05, 4.69) is 37.8 Å². The summed E-state index contributed by atoms with van der Waals surface area (Å²) in [4.78, 5) is 2.32. The van der Waals surface area contributed by atoms with Crippen LogP contribution in [0, 0.1) is 0 Å². The number of alkyl halides is 3. The van der Waals surface area contributed by atoms with E-state index >= 15 is 0 Å². The molecule has 2 rings (SSSR count). The van der Waals surface area contributed by atoms with Gasteiger partial charge in [-0.3, -0.25) is 4.90 Å². The fraction of sp³-hybridized carbons (Fsp3) is 0.400. The average molecular weight is 335 g/mol. The van der Waals surface area contributed by atoms with E-state index in [-0.39, 0.29) is 12.1 Å². The van der Waals surface area contributed by atoms with Gasteiger partial charge in [0.1, 0.15) is 0 Å². The van der Waals surface area contributed by atoms with Gasteiger partial charge in [-0.05, 0) is 44.0 Å². The Morgan fingerprint density at radius 3 is 2.21 bits per heavy atom. The highest BCUT2D eigenvalue weighted by molar-refractivity contribution is 5.26. The van der Waals surface area contributed by atoms with Gasteiger partial charge in [0.2, 0.25) is 0 Å². The van der Waals surface area contributed by atoms with Crippen LogP contribution in [-0.4, -0.2) is 17.5 Å². The molecule has 0 heterocycles. The second-order valence-electron chi connectivity index (χ2n) is 6.17. The van der Waals surface area contributed by atoms with Crippen LogP contribution in [0.3, 0.4) is 0 Å². The van der Waals surface area contributed by atoms with Gasteiger partial charge in [-0.15, -0.1) is 0 Å². The molecular weight excluding hydrogens is 311 g/mol. The molecule has 0 radical (unpaired) electrons. The summed E-state index contributed by atoms with van der Waals surface area (Å²) in [5.41, 5.74) is 1.36. The van der Waals surface area contributed by atoms with E-state index in [1.807, 2.05) is 18.2 Å². The van der Waals surface area contributed by atoms with Crippen molar-refractivity contribution in [3.8, 4) is 0 Å². The summed E-state index contributed by atoms with van der Waals surface area (Å²) in [6.07, 6.45) is -3.70. The van der Waals surface area contributed by atoms with Crippen molar-refractivity contribution >= 4 is 0 Å². The molecule has 2 unspecified atom stereocenters. The molecule has 2 atom stereocenters. The lowest BCUT2D eigenvalue weighted by atomic mass is 10.00. The van der Waals surface area contributed by atoms with Gasteiger partial charge >= 0.3 is 6.18 Å². The lowest BCUT2D eigenvalue weighted by Gasteiger charge is -2.34. The van der Waals surface area contributed by atoms with Gasteiger partial charge in [-0.1, -0.05) is 55.5 Å². The van der Waals surface area contributed by atoms with Crippen LogP contribution >= 0.6 is 0 Å². The molecule has 0 saturated carbocycles. The van der Waals surface area contributed by atoms with Crippen LogP contribution in [-0.2, 0) is 12.6 Å². The van der Waals surface area contributed by atoms with Crippen LogP contribution in [0.5, 0.6) is 0 Å². The first-order chi connectivity index (χ1) is 11.3. The SMILES string of the molecule is CCN(C(C)Cc1cccc(C(F)(F)F)c1)C(C)c1ccccc1. The lowest BCUT2D eigenvalue weighted by molar-refractivity contribution is -0.137. The predicted octanol–water partition coefficient (Wildman–Crippen LogP) is 5.72. The van der Waals surface area contributed by atoms with E-state index < -0.39 is 11.7 Å². The number of hydrogen-bond acceptors (Lipinski definition) is 1. The van der Waals surface area contributed by atoms with Crippen molar-refractivity contribution in [1.82, 2.24) is 4.90 Å². The predicted molar refractivity (Wildman–Crippen MR) is 91.8 cm³/mol. The van der Waals surface area contributed by atoms with E-state index in [1.54, 1.807) is 6.07 Å². The Balaban J connectivity index is 2.14. The van der Waals surface area contributed by atoms with Gasteiger partial charge in [0, 0.05) is 12.1 Å². The van der Waals surface area contributed by atoms with Crippen molar-refractivity contribution in [3.05, 3.63) is 71.3 Å². The molecule has 0 aliphatic heterocycles. The van der Waals surface area contributed by atoms with Crippen LogP contribution in [0.4, 0.5) is 13.2 Å². The highest BCUT2D eigenvalue weighted by atomic mass is 19.4. The Kier molecular flexibility index (Phi) is 6.05. The zero-order valence-electron chi connectivity index (χ0n) is 14.3. The maximum Gasteiger partial charge on any atom is 0.416 e. The van der Waals surface area contributed by atoms with E-state index in [0.29, 0.717) is 6.42 Å². The first kappa shape index (κ1) is 18.5. The smallest absolute Gasteiger partial charge is 0.294 e. The lowest BCUT2D eigenvalue weighted by Crippen LogP contribution is -2.36. The molecule has 0 spiro atoms. The molecule has 24 heavy (non-hydrogen) atoms. The van der Waals surface area contributed by atoms with Crippen molar-refractivity contribution in [2.24, 2.45) is 0 Å². The van der Waals surface area contributed by atoms with Gasteiger partial charge in [0.15, 0.2) is 0 Å². The van der Waals surface area contributed by atoms with Crippen LogP contribution < -0.4 is 0 Å². The summed E-state index contributed by atoms with van der Waals surface area (Å²) >= 11 is 0. The van der Waals surface area contributed by atoms with E-state index in [1.165, 1.54) is 17.7 Å². The molecule has 1 nitrogen and oxygen atoms in total. The topological polar surface area (TPSA) is 3.24 Å². The average Bonchev–Trinajstić information content (AvgIpc) is 2.55. The molecule has 4 heteroatoms. The number of benzene rings is 2. The van der Waals surface area contributed by atoms with Gasteiger partial charge in [0.05, 0.1) is 5.56 Å². The fourth-order valence-electron chi connectivity index (χ4n) is 3.22. The molecule has 0 aromatic heterocycles. The molecule has 0 aliphatic carbocycles. The zero-order chi connectivity index (χ0) is 17.7. The minimum absolute atomic E-state index is 0.147. The zero-order valence-corrected chi connectivity index (χ0v) is 14.3. The molecular formula is C20H24F3N. The minimum atomic E-state index is -4.29. The van der Waals surface area contributed by atoms with Crippen molar-refractivity contribution in [3.63, 3.8) is 0 Å². The van der Waals surface area contributed by atoms with Gasteiger partial charge in [0.25, 0.3) is 0 Å². The number of likely N-dealkylation sites (N-methyl/N-ethyl adjacent to an activating group) is 1. The maximum atomic E-state index is 12.9. The second-order valence-corrected chi connectivity index (χ2v) is 6.17. The molecule has 2 aromatic rings. The van der Waals surface area contributed by atoms with Gasteiger partial charge < -0.3 is 0 Å². The van der Waals surface area contributed by atoms with E-state index in [0.717, 1.165) is 18.2 Å². The monoisotopic (exact) mass is 335 g/mol. The fourth-order valence-corrected chi connectivity index (χ4v) is 3.22. The Morgan fingerprint density at radius 2 is 1.62 bits per heavy atom. The third-order valence-corrected chi connectivity index (χ3v) is 4.50. The molecule has 0 N–H and O–H groups in total. The first-order valence-corrected chi connectivity index (χ1v) is 8.29. The van der Waals surface area contributed by atoms with Gasteiger partial charge in [-0.25, -0.2) is 0 Å². The third kappa shape index (κ3) is 4.60. The number of nitrogens with zero attached hydrogens (tertiary/aromatic N) is 1. The second kappa shape index (κ2) is 7.84. The summed E-state index contributed by atoms with van der Waals surface area (Å²) in [6.45, 7) is 7.14. The Morgan fingerprint density at radius 1 is 0.958 bits per heavy atom. The van der Waals surface area contributed by atoms with E-state index in [9.17, 15) is 13.2 Å². The molecule has 0 aliphatic rings. The Bertz CT molecular complexity index is 637. The minimum Gasteiger partial charge on any atom is -0.294 e. The normalized spacial score (nSPS) is 14.6. The van der Waals surface area contributed by atoms with Crippen molar-refractivity contribution in [2.75, 3.05) is 6.54 Å². The Hall–Kier alpha value is -1.81. The van der Waals surface area contributed by atoms with Crippen LogP contribution in [0.25, 0.3) is 0 Å². The summed E-state index contributed by atoms with van der Waals surface area (Å²) in [5.74, 6) is 0. The number of rotatable bonds is 6. The molecule has 130 valence electrons. The standard InChI is InChI=1S/C20H24F3N/c1-4-24(16(3)18-10-6-5-7-11-18)15(2)13-17-9-8-12-19(14-17)20(21,22)23/h5-12,14-16H,4,13H2,1-3H3. The molecule has 2 aromatic carbocycles. The highest BCUT2D eigenvalue weighted by Crippen LogP contribution is 2.30. The summed E-state index contributed by atoms with van der Waals surface area (Å²) < 4.78 is 38.6. The summed E-state index contributed by atoms with van der Waals surface area (Å²) in [6, 6.07) is 16.2. The maximum absolute atomic E-state index is 12.9. The summed E-state index contributed by atoms with van der Waals surface area (Å²) in [5, 5.41) is 0. The molecule has 0 saturated heterocycles. The van der Waals surface area contributed by atoms with Gasteiger partial charge in [-0.2, -0.15) is 13.2 Å². The molecule has 0 fully saturated rings. The van der Waals surface area contributed by atoms with Crippen molar-refractivity contribution < 1.29 is 13.2 Å². The van der Waals surface area contributed by atoms with E-state index in [4.69, 9.17) is 0 Å². The van der Waals surface area contributed by atoms with Crippen LogP contribution in [0.1, 0.15) is 43.5 Å². The first-order valence-electron chi connectivity index (χ1n) is 8.29. The number of halogens is 3. The largest absolute Gasteiger partial charge is 0.416 e. The highest BCUT2D eigenvalue weighted by Gasteiger charge is 2.30. The van der Waals surface area contributed by atoms with Crippen LogP contribution in [0.15, 0.2) is 54.6 Å². The Labute approximate surface area is 142 Å². The van der Waals surface area contributed by atoms with Crippen LogP contribution in [0.2, 0.25) is 0 Å². The quantitative estimate of drug-likeness (QED) is 0.652.